The molecule has 1 aromatic carbocycles. The number of pyridine rings is 1. The third kappa shape index (κ3) is 2.10. The molecular weight excluding hydrogens is 202 g/mol. The van der Waals surface area contributed by atoms with Crippen LogP contribution in [0.4, 0.5) is 5.82 Å². The highest BCUT2D eigenvalue weighted by Gasteiger charge is 2.04. The average molecular weight is 211 g/mol. The molecule has 4 nitrogen and oxygen atoms in total. The zero-order chi connectivity index (χ0) is 11.4. The quantitative estimate of drug-likeness (QED) is 0.827. The number of anilines is 1. The third-order valence-corrected chi connectivity index (χ3v) is 1.97. The van der Waals surface area contributed by atoms with Crippen LogP contribution in [0.1, 0.15) is 5.56 Å². The van der Waals surface area contributed by atoms with Gasteiger partial charge in [0.2, 0.25) is 5.88 Å². The molecule has 0 unspecified atom stereocenters. The van der Waals surface area contributed by atoms with Gasteiger partial charge in [0.05, 0.1) is 5.56 Å². The van der Waals surface area contributed by atoms with Crippen molar-refractivity contribution in [1.82, 2.24) is 4.98 Å². The van der Waals surface area contributed by atoms with E-state index in [1.807, 2.05) is 6.07 Å². The third-order valence-electron chi connectivity index (χ3n) is 1.97. The van der Waals surface area contributed by atoms with Crippen LogP contribution in [0, 0.1) is 11.3 Å². The molecule has 2 N–H and O–H groups in total. The Morgan fingerprint density at radius 2 is 1.94 bits per heavy atom. The summed E-state index contributed by atoms with van der Waals surface area (Å²) < 4.78 is 5.47. The predicted molar refractivity (Wildman–Crippen MR) is 59.9 cm³/mol. The summed E-state index contributed by atoms with van der Waals surface area (Å²) >= 11 is 0. The lowest BCUT2D eigenvalue weighted by Gasteiger charge is -2.05. The van der Waals surface area contributed by atoms with Gasteiger partial charge in [0.15, 0.2) is 0 Å². The molecule has 0 amide bonds. The molecule has 0 saturated heterocycles. The van der Waals surface area contributed by atoms with Gasteiger partial charge >= 0.3 is 0 Å². The number of nitrogens with two attached hydrogens (primary N) is 1. The zero-order valence-electron chi connectivity index (χ0n) is 8.42. The molecule has 0 atom stereocenters. The summed E-state index contributed by atoms with van der Waals surface area (Å²) in [6, 6.07) is 14.1. The maximum absolute atomic E-state index is 8.88. The van der Waals surface area contributed by atoms with Crippen molar-refractivity contribution in [3.05, 3.63) is 48.0 Å². The molecule has 0 saturated carbocycles. The number of nitrogen functional groups attached to an aromatic ring is 1. The largest absolute Gasteiger partial charge is 0.438 e. The number of nitriles is 1. The number of nitrogens with zero attached hydrogens (tertiary/aromatic N) is 2. The average Bonchev–Trinajstić information content (AvgIpc) is 2.30. The second kappa shape index (κ2) is 4.32. The summed E-state index contributed by atoms with van der Waals surface area (Å²) in [5, 5.41) is 8.88. The van der Waals surface area contributed by atoms with Crippen molar-refractivity contribution in [3.8, 4) is 17.7 Å². The molecule has 78 valence electrons. The zero-order valence-corrected chi connectivity index (χ0v) is 8.42. The number of benzene rings is 1. The second-order valence-electron chi connectivity index (χ2n) is 3.11. The highest BCUT2D eigenvalue weighted by Crippen LogP contribution is 2.23. The van der Waals surface area contributed by atoms with E-state index in [4.69, 9.17) is 15.7 Å². The van der Waals surface area contributed by atoms with Gasteiger partial charge in [0.25, 0.3) is 0 Å². The molecule has 4 heteroatoms. The van der Waals surface area contributed by atoms with Crippen LogP contribution in [0.2, 0.25) is 0 Å². The Balaban J connectivity index is 2.31. The summed E-state index contributed by atoms with van der Waals surface area (Å²) in [4.78, 5) is 3.99. The Bertz CT molecular complexity index is 546. The molecule has 1 aromatic heterocycles. The summed E-state index contributed by atoms with van der Waals surface area (Å²) in [6.45, 7) is 0. The Morgan fingerprint density at radius 1 is 1.12 bits per heavy atom. The van der Waals surface area contributed by atoms with Gasteiger partial charge in [0.1, 0.15) is 17.6 Å². The minimum Gasteiger partial charge on any atom is -0.438 e. The van der Waals surface area contributed by atoms with Crippen LogP contribution >= 0.6 is 0 Å². The van der Waals surface area contributed by atoms with E-state index in [1.165, 1.54) is 0 Å². The highest BCUT2D eigenvalue weighted by atomic mass is 16.5. The van der Waals surface area contributed by atoms with E-state index in [9.17, 15) is 0 Å². The molecule has 0 spiro atoms. The number of hydrogen-bond donors (Lipinski definition) is 1. The van der Waals surface area contributed by atoms with Crippen LogP contribution < -0.4 is 10.5 Å². The van der Waals surface area contributed by atoms with Gasteiger partial charge in [-0.25, -0.2) is 0 Å². The first-order valence-electron chi connectivity index (χ1n) is 4.69. The van der Waals surface area contributed by atoms with Gasteiger partial charge in [-0.3, -0.25) is 0 Å². The minimum atomic E-state index is 0.378. The lowest BCUT2D eigenvalue weighted by atomic mass is 10.2. The van der Waals surface area contributed by atoms with E-state index in [0.29, 0.717) is 23.0 Å². The maximum atomic E-state index is 8.88. The van der Waals surface area contributed by atoms with Crippen LogP contribution in [0.5, 0.6) is 11.6 Å². The number of ether oxygens (including phenoxy) is 1. The van der Waals surface area contributed by atoms with E-state index in [0.717, 1.165) is 0 Å². The molecule has 0 aliphatic rings. The molecule has 1 heterocycles. The molecular formula is C12H9N3O. The van der Waals surface area contributed by atoms with Crippen molar-refractivity contribution in [1.29, 1.82) is 5.26 Å². The number of aromatic nitrogens is 1. The molecule has 0 bridgehead atoms. The molecule has 2 aromatic rings. The van der Waals surface area contributed by atoms with Crippen molar-refractivity contribution in [3.63, 3.8) is 0 Å². The summed E-state index contributed by atoms with van der Waals surface area (Å²) in [7, 11) is 0. The Kier molecular flexibility index (Phi) is 2.70. The minimum absolute atomic E-state index is 0.378. The van der Waals surface area contributed by atoms with Crippen LogP contribution in [0.25, 0.3) is 0 Å². The number of hydrogen-bond acceptors (Lipinski definition) is 4. The summed E-state index contributed by atoms with van der Waals surface area (Å²) in [5.41, 5.74) is 5.99. The Labute approximate surface area is 92.9 Å². The fourth-order valence-corrected chi connectivity index (χ4v) is 1.25. The fourth-order valence-electron chi connectivity index (χ4n) is 1.25. The Morgan fingerprint density at radius 3 is 2.69 bits per heavy atom. The van der Waals surface area contributed by atoms with Crippen molar-refractivity contribution in [2.45, 2.75) is 0 Å². The monoisotopic (exact) mass is 211 g/mol. The van der Waals surface area contributed by atoms with Crippen molar-refractivity contribution in [2.24, 2.45) is 0 Å². The molecule has 0 radical (unpaired) electrons. The van der Waals surface area contributed by atoms with Crippen LogP contribution in [0.15, 0.2) is 42.5 Å². The standard InChI is InChI=1S/C12H9N3O/c13-8-9-4-1-2-5-10(9)16-12-7-3-6-11(14)15-12/h1-7H,(H2,14,15). The van der Waals surface area contributed by atoms with Crippen LogP contribution in [-0.4, -0.2) is 4.98 Å². The highest BCUT2D eigenvalue weighted by molar-refractivity contribution is 5.44. The lowest BCUT2D eigenvalue weighted by Crippen LogP contribution is -1.94. The fraction of sp³-hybridized carbons (Fsp3) is 0. The van der Waals surface area contributed by atoms with Crippen molar-refractivity contribution < 1.29 is 4.74 Å². The number of para-hydroxylation sites is 1. The van der Waals surface area contributed by atoms with Gasteiger partial charge in [-0.1, -0.05) is 18.2 Å². The van der Waals surface area contributed by atoms with Gasteiger partial charge in [-0.05, 0) is 18.2 Å². The second-order valence-corrected chi connectivity index (χ2v) is 3.11. The number of rotatable bonds is 2. The first kappa shape index (κ1) is 9.99. The van der Waals surface area contributed by atoms with Crippen LogP contribution in [0.3, 0.4) is 0 Å². The van der Waals surface area contributed by atoms with Crippen LogP contribution in [-0.2, 0) is 0 Å². The van der Waals surface area contributed by atoms with Gasteiger partial charge in [0, 0.05) is 6.07 Å². The SMILES string of the molecule is N#Cc1ccccc1Oc1cccc(N)n1. The van der Waals surface area contributed by atoms with E-state index >= 15 is 0 Å². The lowest BCUT2D eigenvalue weighted by molar-refractivity contribution is 0.462. The molecule has 2 rings (SSSR count). The first-order chi connectivity index (χ1) is 7.79. The summed E-state index contributed by atoms with van der Waals surface area (Å²) in [5.74, 6) is 1.23. The Hall–Kier alpha value is -2.54. The van der Waals surface area contributed by atoms with E-state index < -0.39 is 0 Å². The van der Waals surface area contributed by atoms with Gasteiger partial charge in [-0.15, -0.1) is 0 Å². The molecule has 0 fully saturated rings. The first-order valence-corrected chi connectivity index (χ1v) is 4.69. The molecule has 0 aliphatic heterocycles. The smallest absolute Gasteiger partial charge is 0.221 e. The van der Waals surface area contributed by atoms with Crippen molar-refractivity contribution >= 4 is 5.82 Å². The van der Waals surface area contributed by atoms with E-state index in [1.54, 1.807) is 42.5 Å². The van der Waals surface area contributed by atoms with E-state index in [-0.39, 0.29) is 0 Å². The van der Waals surface area contributed by atoms with Crippen molar-refractivity contribution in [2.75, 3.05) is 5.73 Å². The van der Waals surface area contributed by atoms with Gasteiger partial charge < -0.3 is 10.5 Å². The van der Waals surface area contributed by atoms with E-state index in [2.05, 4.69) is 4.98 Å². The predicted octanol–water partition coefficient (Wildman–Crippen LogP) is 2.33. The normalized spacial score (nSPS) is 9.44. The van der Waals surface area contributed by atoms with Gasteiger partial charge in [-0.2, -0.15) is 10.2 Å². The topological polar surface area (TPSA) is 71.9 Å². The maximum Gasteiger partial charge on any atom is 0.221 e. The molecule has 0 aliphatic carbocycles. The molecule has 16 heavy (non-hydrogen) atoms. The summed E-state index contributed by atoms with van der Waals surface area (Å²) in [6.07, 6.45) is 0.